The van der Waals surface area contributed by atoms with E-state index in [1.54, 1.807) is 19.2 Å². The number of ether oxygens (including phenoxy) is 1. The van der Waals surface area contributed by atoms with Crippen LogP contribution < -0.4 is 10.1 Å². The van der Waals surface area contributed by atoms with Gasteiger partial charge in [-0.05, 0) is 30.0 Å². The zero-order chi connectivity index (χ0) is 15.8. The lowest BCUT2D eigenvalue weighted by molar-refractivity contribution is -0.142. The van der Waals surface area contributed by atoms with Gasteiger partial charge in [-0.15, -0.1) is 0 Å². The Labute approximate surface area is 125 Å². The van der Waals surface area contributed by atoms with E-state index in [2.05, 4.69) is 5.32 Å². The highest BCUT2D eigenvalue weighted by atomic mass is 16.5. The molecule has 0 bridgehead atoms. The lowest BCUT2D eigenvalue weighted by Crippen LogP contribution is -2.34. The normalized spacial score (nSPS) is 12.0. The van der Waals surface area contributed by atoms with E-state index in [1.807, 2.05) is 26.0 Å². The molecule has 0 spiro atoms. The van der Waals surface area contributed by atoms with Crippen LogP contribution in [0.15, 0.2) is 24.3 Å². The molecule has 0 fully saturated rings. The monoisotopic (exact) mass is 293 g/mol. The third-order valence-electron chi connectivity index (χ3n) is 3.17. The van der Waals surface area contributed by atoms with E-state index in [0.717, 1.165) is 11.3 Å². The number of carboxylic acid groups (broad SMARTS) is 1. The van der Waals surface area contributed by atoms with Crippen LogP contribution in [0.4, 0.5) is 0 Å². The summed E-state index contributed by atoms with van der Waals surface area (Å²) in [6, 6.07) is 7.23. The van der Waals surface area contributed by atoms with Gasteiger partial charge in [0.05, 0.1) is 19.4 Å². The van der Waals surface area contributed by atoms with E-state index in [9.17, 15) is 9.59 Å². The van der Waals surface area contributed by atoms with Crippen LogP contribution >= 0.6 is 0 Å². The molecule has 0 heterocycles. The lowest BCUT2D eigenvalue weighted by atomic mass is 9.97. The van der Waals surface area contributed by atoms with Crippen molar-refractivity contribution in [1.29, 1.82) is 0 Å². The highest BCUT2D eigenvalue weighted by Gasteiger charge is 2.19. The highest BCUT2D eigenvalue weighted by Crippen LogP contribution is 2.13. The Hall–Kier alpha value is -2.04. The highest BCUT2D eigenvalue weighted by molar-refractivity contribution is 5.79. The van der Waals surface area contributed by atoms with Crippen molar-refractivity contribution in [3.05, 3.63) is 29.8 Å². The van der Waals surface area contributed by atoms with E-state index in [1.165, 1.54) is 0 Å². The molecule has 5 heteroatoms. The van der Waals surface area contributed by atoms with Gasteiger partial charge in [0.2, 0.25) is 5.91 Å². The summed E-state index contributed by atoms with van der Waals surface area (Å²) in [5, 5.41) is 11.8. The SMILES string of the molecule is COc1ccc(CC(=O)NCC(CC(C)C)C(=O)O)cc1. The molecule has 5 nitrogen and oxygen atoms in total. The molecule has 0 aliphatic rings. The Morgan fingerprint density at radius 1 is 1.24 bits per heavy atom. The van der Waals surface area contributed by atoms with E-state index >= 15 is 0 Å². The standard InChI is InChI=1S/C16H23NO4/c1-11(2)8-13(16(19)20)10-17-15(18)9-12-4-6-14(21-3)7-5-12/h4-7,11,13H,8-10H2,1-3H3,(H,17,18)(H,19,20). The van der Waals surface area contributed by atoms with Gasteiger partial charge in [0.1, 0.15) is 5.75 Å². The number of amides is 1. The number of carboxylic acids is 1. The zero-order valence-electron chi connectivity index (χ0n) is 12.8. The van der Waals surface area contributed by atoms with Crippen molar-refractivity contribution >= 4 is 11.9 Å². The van der Waals surface area contributed by atoms with Gasteiger partial charge in [-0.25, -0.2) is 0 Å². The Morgan fingerprint density at radius 3 is 2.33 bits per heavy atom. The second-order valence-corrected chi connectivity index (χ2v) is 5.49. The minimum Gasteiger partial charge on any atom is -0.497 e. The van der Waals surface area contributed by atoms with Crippen molar-refractivity contribution < 1.29 is 19.4 Å². The Morgan fingerprint density at radius 2 is 1.86 bits per heavy atom. The first-order chi connectivity index (χ1) is 9.92. The molecule has 0 saturated heterocycles. The van der Waals surface area contributed by atoms with Crippen LogP contribution in [0.25, 0.3) is 0 Å². The molecule has 0 aliphatic heterocycles. The number of rotatable bonds is 8. The average Bonchev–Trinajstić information content (AvgIpc) is 2.43. The molecule has 0 radical (unpaired) electrons. The van der Waals surface area contributed by atoms with Crippen LogP contribution in [0, 0.1) is 11.8 Å². The van der Waals surface area contributed by atoms with Crippen LogP contribution in [0.5, 0.6) is 5.75 Å². The van der Waals surface area contributed by atoms with Crippen molar-refractivity contribution in [2.75, 3.05) is 13.7 Å². The Bertz CT molecular complexity index is 468. The quantitative estimate of drug-likeness (QED) is 0.769. The Kier molecular flexibility index (Phi) is 6.72. The first kappa shape index (κ1) is 17.0. The maximum absolute atomic E-state index is 11.8. The fourth-order valence-electron chi connectivity index (χ4n) is 2.07. The number of methoxy groups -OCH3 is 1. The predicted molar refractivity (Wildman–Crippen MR) is 80.3 cm³/mol. The van der Waals surface area contributed by atoms with Crippen molar-refractivity contribution in [3.8, 4) is 5.75 Å². The van der Waals surface area contributed by atoms with Crippen molar-refractivity contribution in [2.45, 2.75) is 26.7 Å². The molecule has 1 aromatic rings. The van der Waals surface area contributed by atoms with E-state index in [4.69, 9.17) is 9.84 Å². The maximum Gasteiger partial charge on any atom is 0.308 e. The molecule has 21 heavy (non-hydrogen) atoms. The number of carbonyl (C=O) groups excluding carboxylic acids is 1. The summed E-state index contributed by atoms with van der Waals surface area (Å²) < 4.78 is 5.05. The van der Waals surface area contributed by atoms with Crippen molar-refractivity contribution in [3.63, 3.8) is 0 Å². The van der Waals surface area contributed by atoms with Crippen LogP contribution in [0.3, 0.4) is 0 Å². The molecular weight excluding hydrogens is 270 g/mol. The first-order valence-electron chi connectivity index (χ1n) is 7.04. The van der Waals surface area contributed by atoms with Crippen LogP contribution in [0.2, 0.25) is 0 Å². The van der Waals surface area contributed by atoms with Gasteiger partial charge < -0.3 is 15.2 Å². The number of carbonyl (C=O) groups is 2. The van der Waals surface area contributed by atoms with Gasteiger partial charge in [-0.3, -0.25) is 9.59 Å². The third kappa shape index (κ3) is 6.29. The summed E-state index contributed by atoms with van der Waals surface area (Å²) in [5.74, 6) is -0.555. The number of benzene rings is 1. The number of aliphatic carboxylic acids is 1. The molecule has 1 atom stereocenters. The number of nitrogens with one attached hydrogen (secondary N) is 1. The number of hydrogen-bond donors (Lipinski definition) is 2. The largest absolute Gasteiger partial charge is 0.497 e. The van der Waals surface area contributed by atoms with E-state index < -0.39 is 11.9 Å². The minimum atomic E-state index is -0.867. The Balaban J connectivity index is 2.46. The van der Waals surface area contributed by atoms with Gasteiger partial charge in [0.15, 0.2) is 0 Å². The summed E-state index contributed by atoms with van der Waals surface area (Å²) in [7, 11) is 1.59. The topological polar surface area (TPSA) is 75.6 Å². The van der Waals surface area contributed by atoms with Gasteiger partial charge >= 0.3 is 5.97 Å². The molecule has 1 amide bonds. The molecule has 1 rings (SSSR count). The molecule has 116 valence electrons. The summed E-state index contributed by atoms with van der Waals surface area (Å²) in [5.41, 5.74) is 0.865. The lowest BCUT2D eigenvalue weighted by Gasteiger charge is -2.15. The minimum absolute atomic E-state index is 0.169. The smallest absolute Gasteiger partial charge is 0.308 e. The van der Waals surface area contributed by atoms with Gasteiger partial charge in [0, 0.05) is 6.54 Å². The van der Waals surface area contributed by atoms with Gasteiger partial charge in [-0.2, -0.15) is 0 Å². The summed E-state index contributed by atoms with van der Waals surface area (Å²) in [6.45, 7) is 4.10. The molecule has 0 aromatic heterocycles. The van der Waals surface area contributed by atoms with Gasteiger partial charge in [-0.1, -0.05) is 26.0 Å². The summed E-state index contributed by atoms with van der Waals surface area (Å²) in [6.07, 6.45) is 0.788. The fourth-order valence-corrected chi connectivity index (χ4v) is 2.07. The van der Waals surface area contributed by atoms with E-state index in [-0.39, 0.29) is 24.8 Å². The molecule has 1 aromatic carbocycles. The predicted octanol–water partition coefficient (Wildman–Crippen LogP) is 2.10. The van der Waals surface area contributed by atoms with Crippen molar-refractivity contribution in [1.82, 2.24) is 5.32 Å². The molecule has 1 unspecified atom stereocenters. The maximum atomic E-state index is 11.8. The molecular formula is C16H23NO4. The van der Waals surface area contributed by atoms with Crippen LogP contribution in [-0.4, -0.2) is 30.6 Å². The van der Waals surface area contributed by atoms with Crippen LogP contribution in [0.1, 0.15) is 25.8 Å². The summed E-state index contributed by atoms with van der Waals surface area (Å²) in [4.78, 5) is 23.0. The fraction of sp³-hybridized carbons (Fsp3) is 0.500. The van der Waals surface area contributed by atoms with E-state index in [0.29, 0.717) is 6.42 Å². The number of hydrogen-bond acceptors (Lipinski definition) is 3. The van der Waals surface area contributed by atoms with Gasteiger partial charge in [0.25, 0.3) is 0 Å². The molecule has 0 saturated carbocycles. The summed E-state index contributed by atoms with van der Waals surface area (Å²) >= 11 is 0. The average molecular weight is 293 g/mol. The van der Waals surface area contributed by atoms with Crippen LogP contribution in [-0.2, 0) is 16.0 Å². The third-order valence-corrected chi connectivity index (χ3v) is 3.17. The van der Waals surface area contributed by atoms with Crippen molar-refractivity contribution in [2.24, 2.45) is 11.8 Å². The molecule has 0 aliphatic carbocycles. The first-order valence-corrected chi connectivity index (χ1v) is 7.04. The molecule has 2 N–H and O–H groups in total. The second kappa shape index (κ2) is 8.29. The zero-order valence-corrected chi connectivity index (χ0v) is 12.8. The second-order valence-electron chi connectivity index (χ2n) is 5.49.